The van der Waals surface area contributed by atoms with Crippen LogP contribution in [0.4, 0.5) is 5.95 Å². The minimum Gasteiger partial charge on any atom is -0.481 e. The number of aryl methyl sites for hydroxylation is 1. The van der Waals surface area contributed by atoms with E-state index in [0.717, 1.165) is 54.1 Å². The number of aromatic nitrogens is 2. The molecule has 2 aliphatic rings. The second-order valence-electron chi connectivity index (χ2n) is 10.6. The van der Waals surface area contributed by atoms with Gasteiger partial charge in [0.15, 0.2) is 5.66 Å². The number of rotatable bonds is 7. The molecule has 3 aromatic rings. The molecule has 1 aromatic heterocycles. The van der Waals surface area contributed by atoms with Crippen molar-refractivity contribution in [2.24, 2.45) is 10.1 Å². The fraction of sp³-hybridized carbons (Fsp3) is 0.414. The maximum absolute atomic E-state index is 12.2. The van der Waals surface area contributed by atoms with Gasteiger partial charge in [-0.3, -0.25) is 0 Å². The smallest absolute Gasteiger partial charge is 0.238 e. The minimum atomic E-state index is -3.92. The highest BCUT2D eigenvalue weighted by Crippen LogP contribution is 2.37. The number of sulfonamides is 1. The van der Waals surface area contributed by atoms with E-state index in [-0.39, 0.29) is 4.90 Å². The van der Waals surface area contributed by atoms with E-state index in [9.17, 15) is 8.42 Å². The van der Waals surface area contributed by atoms with Gasteiger partial charge < -0.3 is 20.3 Å². The van der Waals surface area contributed by atoms with Gasteiger partial charge in [0.05, 0.1) is 17.5 Å². The first kappa shape index (κ1) is 28.0. The summed E-state index contributed by atoms with van der Waals surface area (Å²) in [7, 11) is 1.92. The van der Waals surface area contributed by atoms with Crippen LogP contribution in [0, 0.1) is 0 Å². The number of methoxy groups -OCH3 is 1. The quantitative estimate of drug-likeness (QED) is 0.398. The van der Waals surface area contributed by atoms with Crippen LogP contribution in [-0.2, 0) is 26.8 Å². The molecular weight excluding hydrogens is 526 g/mol. The largest absolute Gasteiger partial charge is 0.481 e. The first-order chi connectivity index (χ1) is 19.1. The predicted octanol–water partition coefficient (Wildman–Crippen LogP) is 3.49. The molecule has 0 radical (unpaired) electrons. The van der Waals surface area contributed by atoms with Crippen molar-refractivity contribution in [2.45, 2.75) is 61.7 Å². The Morgan fingerprint density at radius 2 is 1.93 bits per heavy atom. The number of anilines is 1. The van der Waals surface area contributed by atoms with Crippen LogP contribution in [0.2, 0.25) is 0 Å². The third kappa shape index (κ3) is 5.54. The van der Waals surface area contributed by atoms with Crippen LogP contribution in [0.3, 0.4) is 0 Å². The summed E-state index contributed by atoms with van der Waals surface area (Å²) in [5, 5.41) is 13.2. The molecule has 2 aromatic carbocycles. The van der Waals surface area contributed by atoms with Crippen molar-refractivity contribution in [3.05, 3.63) is 71.6 Å². The van der Waals surface area contributed by atoms with Crippen LogP contribution in [-0.4, -0.2) is 62.5 Å². The van der Waals surface area contributed by atoms with Gasteiger partial charge in [-0.25, -0.2) is 28.5 Å². The van der Waals surface area contributed by atoms with Gasteiger partial charge in [-0.15, -0.1) is 0 Å². The van der Waals surface area contributed by atoms with Crippen molar-refractivity contribution >= 4 is 32.8 Å². The number of primary sulfonamides is 1. The third-order valence-corrected chi connectivity index (χ3v) is 8.82. The van der Waals surface area contributed by atoms with Crippen molar-refractivity contribution in [3.8, 4) is 0 Å². The molecular formula is C29H37N7O3S. The summed E-state index contributed by atoms with van der Waals surface area (Å²) in [4.78, 5) is 16.8. The van der Waals surface area contributed by atoms with E-state index in [0.29, 0.717) is 29.5 Å². The fourth-order valence-corrected chi connectivity index (χ4v) is 6.19. The Morgan fingerprint density at radius 3 is 2.60 bits per heavy atom. The van der Waals surface area contributed by atoms with Crippen LogP contribution in [0.5, 0.6) is 0 Å². The molecule has 0 spiro atoms. The number of aliphatic imine (C=N–C) groups is 1. The Balaban J connectivity index is 1.55. The number of hydrogen-bond acceptors (Lipinski definition) is 9. The molecule has 0 bridgehead atoms. The molecule has 10 nitrogen and oxygen atoms in total. The molecule has 0 amide bonds. The topological polar surface area (TPSA) is 135 Å². The Bertz CT molecular complexity index is 1560. The summed E-state index contributed by atoms with van der Waals surface area (Å²) in [5.41, 5.74) is 2.16. The average Bonchev–Trinajstić information content (AvgIpc) is 2.96. The SMILES string of the molecule is CCc1cc(C2(c3cccc(S(N)(=O)=O)c3)N=C(OC)C=CN2)cc2cnc(NC3CCC(N(C)C)CC3)nc12. The lowest BCUT2D eigenvalue weighted by Gasteiger charge is -2.34. The van der Waals surface area contributed by atoms with Crippen molar-refractivity contribution in [1.82, 2.24) is 20.2 Å². The Hall–Kier alpha value is -3.54. The van der Waals surface area contributed by atoms with E-state index in [2.05, 4.69) is 47.6 Å². The van der Waals surface area contributed by atoms with Crippen LogP contribution in [0.1, 0.15) is 49.3 Å². The second-order valence-corrected chi connectivity index (χ2v) is 12.2. The maximum Gasteiger partial charge on any atom is 0.238 e. The molecule has 5 rings (SSSR count). The Labute approximate surface area is 235 Å². The van der Waals surface area contributed by atoms with Crippen LogP contribution >= 0.6 is 0 Å². The summed E-state index contributed by atoms with van der Waals surface area (Å²) in [6, 6.07) is 11.5. The fourth-order valence-electron chi connectivity index (χ4n) is 5.63. The van der Waals surface area contributed by atoms with E-state index in [1.165, 1.54) is 6.07 Å². The van der Waals surface area contributed by atoms with E-state index >= 15 is 0 Å². The monoisotopic (exact) mass is 563 g/mol. The van der Waals surface area contributed by atoms with Crippen LogP contribution in [0.15, 0.2) is 64.8 Å². The maximum atomic E-state index is 12.2. The van der Waals surface area contributed by atoms with Crippen molar-refractivity contribution in [3.63, 3.8) is 0 Å². The highest BCUT2D eigenvalue weighted by Gasteiger charge is 2.37. The summed E-state index contributed by atoms with van der Waals surface area (Å²) in [6.45, 7) is 2.09. The molecule has 1 atom stereocenters. The molecule has 1 aliphatic heterocycles. The second kappa shape index (κ2) is 11.1. The summed E-state index contributed by atoms with van der Waals surface area (Å²) in [5.74, 6) is 1.04. The third-order valence-electron chi connectivity index (χ3n) is 7.91. The van der Waals surface area contributed by atoms with Gasteiger partial charge in [0.25, 0.3) is 0 Å². The van der Waals surface area contributed by atoms with E-state index < -0.39 is 15.7 Å². The van der Waals surface area contributed by atoms with Gasteiger partial charge in [-0.05, 0) is 76.0 Å². The van der Waals surface area contributed by atoms with E-state index in [1.807, 2.05) is 18.3 Å². The molecule has 212 valence electrons. The van der Waals surface area contributed by atoms with Crippen LogP contribution < -0.4 is 15.8 Å². The lowest BCUT2D eigenvalue weighted by atomic mass is 9.88. The number of nitrogens with zero attached hydrogens (tertiary/aromatic N) is 4. The summed E-state index contributed by atoms with van der Waals surface area (Å²) >= 11 is 0. The number of ether oxygens (including phenoxy) is 1. The van der Waals surface area contributed by atoms with Gasteiger partial charge in [-0.2, -0.15) is 0 Å². The normalized spacial score (nSPS) is 23.1. The number of hydrogen-bond donors (Lipinski definition) is 3. The molecule has 1 saturated carbocycles. The molecule has 2 heterocycles. The zero-order valence-electron chi connectivity index (χ0n) is 23.4. The molecule has 40 heavy (non-hydrogen) atoms. The lowest BCUT2D eigenvalue weighted by Crippen LogP contribution is -2.42. The number of fused-ring (bicyclic) bond motifs is 1. The minimum absolute atomic E-state index is 0.00469. The van der Waals surface area contributed by atoms with Crippen molar-refractivity contribution < 1.29 is 13.2 Å². The Morgan fingerprint density at radius 1 is 1.15 bits per heavy atom. The lowest BCUT2D eigenvalue weighted by molar-refractivity contribution is 0.221. The first-order valence-electron chi connectivity index (χ1n) is 13.6. The number of nitrogens with one attached hydrogen (secondary N) is 2. The van der Waals surface area contributed by atoms with Gasteiger partial charge in [-0.1, -0.05) is 19.1 Å². The molecule has 1 unspecified atom stereocenters. The highest BCUT2D eigenvalue weighted by molar-refractivity contribution is 7.89. The highest BCUT2D eigenvalue weighted by atomic mass is 32.2. The molecule has 0 saturated heterocycles. The Kier molecular flexibility index (Phi) is 7.80. The van der Waals surface area contributed by atoms with Crippen LogP contribution in [0.25, 0.3) is 10.9 Å². The van der Waals surface area contributed by atoms with Gasteiger partial charge in [0.2, 0.25) is 21.9 Å². The number of benzene rings is 2. The van der Waals surface area contributed by atoms with Gasteiger partial charge in [0, 0.05) is 47.1 Å². The van der Waals surface area contributed by atoms with Gasteiger partial charge >= 0.3 is 0 Å². The number of nitrogens with two attached hydrogens (primary N) is 1. The summed E-state index contributed by atoms with van der Waals surface area (Å²) < 4.78 is 29.8. The van der Waals surface area contributed by atoms with Gasteiger partial charge in [0.1, 0.15) is 0 Å². The zero-order chi connectivity index (χ0) is 28.5. The van der Waals surface area contributed by atoms with E-state index in [4.69, 9.17) is 19.9 Å². The predicted molar refractivity (Wildman–Crippen MR) is 158 cm³/mol. The van der Waals surface area contributed by atoms with E-state index in [1.54, 1.807) is 31.5 Å². The molecule has 11 heteroatoms. The van der Waals surface area contributed by atoms with Crippen molar-refractivity contribution in [2.75, 3.05) is 26.5 Å². The molecule has 4 N–H and O–H groups in total. The standard InChI is InChI=1S/C29H37N7O3S/c1-5-19-15-22(16-20-18-31-28(34-27(19)20)33-23-9-11-24(12-10-23)36(2)3)29(32-14-13-26(35-29)39-4)21-7-6-8-25(17-21)40(30,37)38/h6-8,13-18,23-24,32H,5,9-12H2,1-4H3,(H2,30,37,38)(H,31,33,34). The summed E-state index contributed by atoms with van der Waals surface area (Å²) in [6.07, 6.45) is 10.5. The molecule has 1 aliphatic carbocycles. The first-order valence-corrected chi connectivity index (χ1v) is 15.1. The molecule has 1 fully saturated rings. The van der Waals surface area contributed by atoms with Crippen molar-refractivity contribution in [1.29, 1.82) is 0 Å². The average molecular weight is 564 g/mol. The zero-order valence-corrected chi connectivity index (χ0v) is 24.2.